The van der Waals surface area contributed by atoms with Crippen LogP contribution in [0.1, 0.15) is 56.3 Å². The molecule has 0 saturated carbocycles. The summed E-state index contributed by atoms with van der Waals surface area (Å²) < 4.78 is 5.77. The second kappa shape index (κ2) is 8.69. The van der Waals surface area contributed by atoms with Gasteiger partial charge in [-0.15, -0.1) is 11.3 Å². The minimum atomic E-state index is 0.0344. The van der Waals surface area contributed by atoms with E-state index in [0.29, 0.717) is 17.4 Å². The average molecular weight is 444 g/mol. The Morgan fingerprint density at radius 3 is 2.84 bits per heavy atom. The third-order valence-corrected chi connectivity index (χ3v) is 7.70. The number of hydrogen-bond acceptors (Lipinski definition) is 5. The lowest BCUT2D eigenvalue weighted by Gasteiger charge is -2.24. The van der Waals surface area contributed by atoms with Crippen LogP contribution in [0.4, 0.5) is 0 Å². The smallest absolute Gasteiger partial charge is 0.137 e. The van der Waals surface area contributed by atoms with E-state index in [0.717, 1.165) is 22.9 Å². The predicted molar refractivity (Wildman–Crippen MR) is 130 cm³/mol. The molecule has 2 aliphatic rings. The summed E-state index contributed by atoms with van der Waals surface area (Å²) in [4.78, 5) is 8.60. The van der Waals surface area contributed by atoms with E-state index in [2.05, 4.69) is 36.1 Å². The molecule has 1 unspecified atom stereocenters. The zero-order valence-electron chi connectivity index (χ0n) is 19.0. The van der Waals surface area contributed by atoms with Crippen molar-refractivity contribution in [3.8, 4) is 32.8 Å². The Morgan fingerprint density at radius 1 is 1.22 bits per heavy atom. The highest BCUT2D eigenvalue weighted by molar-refractivity contribution is 7.18. The Hall–Kier alpha value is -2.68. The number of benzene rings is 2. The molecule has 2 aromatic carbocycles. The zero-order chi connectivity index (χ0) is 22.2. The molecule has 5 rings (SSSR count). The van der Waals surface area contributed by atoms with Crippen molar-refractivity contribution < 1.29 is 4.74 Å². The lowest BCUT2D eigenvalue weighted by molar-refractivity contribution is 0.238. The Morgan fingerprint density at radius 2 is 2.09 bits per heavy atom. The molecule has 4 nitrogen and oxygen atoms in total. The van der Waals surface area contributed by atoms with Crippen molar-refractivity contribution in [2.75, 3.05) is 13.1 Å². The molecule has 3 aromatic rings. The van der Waals surface area contributed by atoms with E-state index >= 15 is 0 Å². The highest BCUT2D eigenvalue weighted by Crippen LogP contribution is 2.44. The highest BCUT2D eigenvalue weighted by atomic mass is 32.1. The highest BCUT2D eigenvalue weighted by Gasteiger charge is 2.33. The van der Waals surface area contributed by atoms with Gasteiger partial charge in [-0.05, 0) is 80.5 Å². The van der Waals surface area contributed by atoms with Gasteiger partial charge in [0.05, 0.1) is 16.5 Å². The van der Waals surface area contributed by atoms with Crippen molar-refractivity contribution in [3.63, 3.8) is 0 Å². The van der Waals surface area contributed by atoms with Crippen molar-refractivity contribution in [2.45, 2.75) is 52.2 Å². The third-order valence-electron chi connectivity index (χ3n) is 6.62. The van der Waals surface area contributed by atoms with Crippen LogP contribution >= 0.6 is 11.3 Å². The number of ether oxygens (including phenoxy) is 1. The quantitative estimate of drug-likeness (QED) is 0.454. The molecule has 2 atom stereocenters. The fourth-order valence-corrected chi connectivity index (χ4v) is 6.10. The van der Waals surface area contributed by atoms with E-state index in [1.807, 2.05) is 38.2 Å². The first-order chi connectivity index (χ1) is 15.5. The molecular formula is C27H29N3OS. The lowest BCUT2D eigenvalue weighted by atomic mass is 10.0. The Labute approximate surface area is 194 Å². The molecule has 32 heavy (non-hydrogen) atoms. The van der Waals surface area contributed by atoms with Crippen molar-refractivity contribution in [1.82, 2.24) is 9.88 Å². The molecule has 0 bridgehead atoms. The van der Waals surface area contributed by atoms with Crippen LogP contribution in [-0.2, 0) is 6.42 Å². The van der Waals surface area contributed by atoms with Gasteiger partial charge in [0.2, 0.25) is 0 Å². The average Bonchev–Trinajstić information content (AvgIpc) is 3.52. The molecule has 0 amide bonds. The molecule has 0 N–H and O–H groups in total. The topological polar surface area (TPSA) is 49.1 Å². The molecule has 1 saturated heterocycles. The van der Waals surface area contributed by atoms with Crippen molar-refractivity contribution in [1.29, 1.82) is 5.26 Å². The normalized spacial score (nSPS) is 20.5. The van der Waals surface area contributed by atoms with Gasteiger partial charge in [-0.3, -0.25) is 4.90 Å². The molecule has 1 aliphatic carbocycles. The van der Waals surface area contributed by atoms with Gasteiger partial charge in [0, 0.05) is 24.3 Å². The first kappa shape index (κ1) is 21.2. The number of fused-ring (bicyclic) bond motifs is 1. The standard InChI is InChI=1S/C27H29N3OS/c1-17(2)31-25-10-7-19(13-20(25)14-28)27-29-15-26(32-27)23-6-4-5-22-21(23)8-9-24(22)30-12-11-18(3)16-30/h4-7,10,13,15,17-18,24H,8-9,11-12,16H2,1-3H3/t18-,24?/m1/s1. The Kier molecular flexibility index (Phi) is 5.75. The van der Waals surface area contributed by atoms with E-state index in [1.54, 1.807) is 11.3 Å². The largest absolute Gasteiger partial charge is 0.490 e. The van der Waals surface area contributed by atoms with Crippen LogP contribution in [0, 0.1) is 17.2 Å². The SMILES string of the molecule is CC(C)Oc1ccc(-c2ncc(-c3cccc4c3CCC4N3CC[C@@H](C)C3)s2)cc1C#N. The maximum atomic E-state index is 9.57. The number of nitriles is 1. The fraction of sp³-hybridized carbons (Fsp3) is 0.407. The molecular weight excluding hydrogens is 414 g/mol. The first-order valence-corrected chi connectivity index (χ1v) is 12.4. The van der Waals surface area contributed by atoms with E-state index in [-0.39, 0.29) is 6.10 Å². The van der Waals surface area contributed by atoms with Crippen molar-refractivity contribution in [2.24, 2.45) is 5.92 Å². The van der Waals surface area contributed by atoms with Gasteiger partial charge < -0.3 is 4.74 Å². The summed E-state index contributed by atoms with van der Waals surface area (Å²) in [6, 6.07) is 15.4. The second-order valence-corrected chi connectivity index (χ2v) is 10.4. The predicted octanol–water partition coefficient (Wildman–Crippen LogP) is 6.47. The number of nitrogens with zero attached hydrogens (tertiary/aromatic N) is 3. The molecule has 1 fully saturated rings. The van der Waals surface area contributed by atoms with Gasteiger partial charge in [-0.2, -0.15) is 5.26 Å². The number of rotatable bonds is 5. The maximum absolute atomic E-state index is 9.57. The van der Waals surface area contributed by atoms with Gasteiger partial charge in [-0.25, -0.2) is 4.98 Å². The molecule has 1 aromatic heterocycles. The second-order valence-electron chi connectivity index (χ2n) is 9.34. The van der Waals surface area contributed by atoms with Crippen LogP contribution < -0.4 is 4.74 Å². The van der Waals surface area contributed by atoms with Crippen LogP contribution in [0.5, 0.6) is 5.75 Å². The van der Waals surface area contributed by atoms with E-state index in [4.69, 9.17) is 9.72 Å². The summed E-state index contributed by atoms with van der Waals surface area (Å²) in [5, 5.41) is 10.5. The van der Waals surface area contributed by atoms with Crippen molar-refractivity contribution >= 4 is 11.3 Å². The van der Waals surface area contributed by atoms with Gasteiger partial charge in [-0.1, -0.05) is 25.1 Å². The van der Waals surface area contributed by atoms with Crippen LogP contribution in [0.2, 0.25) is 0 Å². The summed E-state index contributed by atoms with van der Waals surface area (Å²) in [5.41, 5.74) is 5.84. The van der Waals surface area contributed by atoms with Crippen LogP contribution in [0.25, 0.3) is 21.0 Å². The number of hydrogen-bond donors (Lipinski definition) is 0. The van der Waals surface area contributed by atoms with Crippen LogP contribution in [0.3, 0.4) is 0 Å². The Bertz CT molecular complexity index is 1180. The molecule has 164 valence electrons. The van der Waals surface area contributed by atoms with Gasteiger partial charge in [0.1, 0.15) is 16.8 Å². The molecule has 5 heteroatoms. The van der Waals surface area contributed by atoms with Crippen LogP contribution in [0.15, 0.2) is 42.6 Å². The van der Waals surface area contributed by atoms with Crippen molar-refractivity contribution in [3.05, 3.63) is 59.3 Å². The summed E-state index contributed by atoms with van der Waals surface area (Å²) in [5.74, 6) is 1.44. The van der Waals surface area contributed by atoms with E-state index < -0.39 is 0 Å². The number of thiazole rings is 1. The Balaban J connectivity index is 1.44. The molecule has 1 aliphatic heterocycles. The lowest BCUT2D eigenvalue weighted by Crippen LogP contribution is -2.24. The summed E-state index contributed by atoms with van der Waals surface area (Å²) in [7, 11) is 0. The first-order valence-electron chi connectivity index (χ1n) is 11.6. The third kappa shape index (κ3) is 3.94. The number of likely N-dealkylation sites (tertiary alicyclic amines) is 1. The minimum absolute atomic E-state index is 0.0344. The monoisotopic (exact) mass is 443 g/mol. The number of aromatic nitrogens is 1. The summed E-state index contributed by atoms with van der Waals surface area (Å²) in [6.45, 7) is 8.74. The van der Waals surface area contributed by atoms with Gasteiger partial charge >= 0.3 is 0 Å². The molecule has 2 heterocycles. The van der Waals surface area contributed by atoms with Crippen LogP contribution in [-0.4, -0.2) is 29.1 Å². The summed E-state index contributed by atoms with van der Waals surface area (Å²) in [6.07, 6.45) is 5.69. The zero-order valence-corrected chi connectivity index (χ0v) is 19.8. The van der Waals surface area contributed by atoms with E-state index in [1.165, 1.54) is 47.5 Å². The molecule has 0 spiro atoms. The minimum Gasteiger partial charge on any atom is -0.490 e. The van der Waals surface area contributed by atoms with Gasteiger partial charge in [0.15, 0.2) is 0 Å². The molecule has 0 radical (unpaired) electrons. The van der Waals surface area contributed by atoms with Gasteiger partial charge in [0.25, 0.3) is 0 Å². The van der Waals surface area contributed by atoms with E-state index in [9.17, 15) is 5.26 Å². The summed E-state index contributed by atoms with van der Waals surface area (Å²) >= 11 is 1.70. The maximum Gasteiger partial charge on any atom is 0.137 e. The fourth-order valence-electron chi connectivity index (χ4n) is 5.13.